The molecule has 1 aromatic rings. The maximum absolute atomic E-state index is 13.1. The Morgan fingerprint density at radius 2 is 1.87 bits per heavy atom. The summed E-state index contributed by atoms with van der Waals surface area (Å²) in [6.45, 7) is 0. The van der Waals surface area contributed by atoms with Crippen LogP contribution in [0.25, 0.3) is 0 Å². The van der Waals surface area contributed by atoms with Gasteiger partial charge in [0.25, 0.3) is 0 Å². The van der Waals surface area contributed by atoms with Gasteiger partial charge >= 0.3 is 5.97 Å². The fraction of sp³-hybridized carbons (Fsp3) is 0. The van der Waals surface area contributed by atoms with Crippen LogP contribution in [-0.4, -0.2) is 11.1 Å². The molecule has 0 heterocycles. The molecule has 0 aliphatic rings. The largest absolute Gasteiger partial charge is 0.478 e. The molecular weight excluding hydrogens is 204 g/mol. The predicted octanol–water partition coefficient (Wildman–Crippen LogP) is 1.54. The lowest BCUT2D eigenvalue weighted by Gasteiger charge is -1.99. The Morgan fingerprint density at radius 3 is 2.27 bits per heavy atom. The van der Waals surface area contributed by atoms with Crippen LogP contribution in [0.5, 0.6) is 0 Å². The summed E-state index contributed by atoms with van der Waals surface area (Å²) in [4.78, 5) is 10.4. The maximum Gasteiger partial charge on any atom is 0.335 e. The van der Waals surface area contributed by atoms with Crippen molar-refractivity contribution in [2.75, 3.05) is 0 Å². The van der Waals surface area contributed by atoms with E-state index >= 15 is 0 Å². The Morgan fingerprint density at radius 1 is 1.33 bits per heavy atom. The summed E-state index contributed by atoms with van der Waals surface area (Å²) in [5.74, 6) is 0.125. The van der Waals surface area contributed by atoms with Gasteiger partial charge in [0.1, 0.15) is 11.6 Å². The van der Waals surface area contributed by atoms with Crippen LogP contribution in [0, 0.1) is 34.8 Å². The standard InChI is InChI=1S/C10H3F2NO2/c11-8-4-6(10(14)15)5-9(12)7(8)2-1-3-13/h4-5H,(H,14,15). The van der Waals surface area contributed by atoms with Crippen molar-refractivity contribution >= 4 is 5.97 Å². The lowest BCUT2D eigenvalue weighted by atomic mass is 10.1. The first kappa shape index (κ1) is 10.7. The zero-order valence-corrected chi connectivity index (χ0v) is 7.21. The normalized spacial score (nSPS) is 8.60. The Labute approximate surface area is 83.6 Å². The monoisotopic (exact) mass is 207 g/mol. The molecule has 1 rings (SSSR count). The molecule has 0 saturated heterocycles. The van der Waals surface area contributed by atoms with E-state index in [2.05, 4.69) is 0 Å². The second kappa shape index (κ2) is 4.21. The molecule has 0 bridgehead atoms. The number of halogens is 2. The quantitative estimate of drug-likeness (QED) is 0.710. The van der Waals surface area contributed by atoms with E-state index in [1.165, 1.54) is 6.07 Å². The lowest BCUT2D eigenvalue weighted by molar-refractivity contribution is 0.0695. The summed E-state index contributed by atoms with van der Waals surface area (Å²) >= 11 is 0. The number of carbonyl (C=O) groups is 1. The first-order valence-electron chi connectivity index (χ1n) is 3.68. The minimum absolute atomic E-state index is 0.507. The molecule has 0 radical (unpaired) electrons. The number of nitriles is 1. The van der Waals surface area contributed by atoms with Crippen LogP contribution in [0.1, 0.15) is 15.9 Å². The van der Waals surface area contributed by atoms with Crippen LogP contribution in [-0.2, 0) is 0 Å². The SMILES string of the molecule is N#CC#Cc1c(F)cc(C(=O)O)cc1F. The van der Waals surface area contributed by atoms with Gasteiger partial charge in [0.2, 0.25) is 0 Å². The van der Waals surface area contributed by atoms with Crippen LogP contribution >= 0.6 is 0 Å². The van der Waals surface area contributed by atoms with Gasteiger partial charge in [-0.25, -0.2) is 13.6 Å². The van der Waals surface area contributed by atoms with Crippen molar-refractivity contribution in [3.63, 3.8) is 0 Å². The highest BCUT2D eigenvalue weighted by Crippen LogP contribution is 2.14. The van der Waals surface area contributed by atoms with Crippen LogP contribution in [0.2, 0.25) is 0 Å². The number of hydrogen-bond donors (Lipinski definition) is 1. The highest BCUT2D eigenvalue weighted by atomic mass is 19.1. The molecule has 1 N–H and O–H groups in total. The van der Waals surface area contributed by atoms with Crippen LogP contribution in [0.4, 0.5) is 8.78 Å². The zero-order chi connectivity index (χ0) is 11.4. The zero-order valence-electron chi connectivity index (χ0n) is 7.21. The van der Waals surface area contributed by atoms with Gasteiger partial charge in [0.15, 0.2) is 6.07 Å². The highest BCUT2D eigenvalue weighted by Gasteiger charge is 2.12. The van der Waals surface area contributed by atoms with E-state index in [0.29, 0.717) is 12.1 Å². The molecule has 0 unspecified atom stereocenters. The molecule has 0 spiro atoms. The molecule has 1 aromatic carbocycles. The third-order valence-electron chi connectivity index (χ3n) is 1.53. The van der Waals surface area contributed by atoms with Gasteiger partial charge in [0.05, 0.1) is 11.1 Å². The van der Waals surface area contributed by atoms with Crippen molar-refractivity contribution in [1.82, 2.24) is 0 Å². The Hall–Kier alpha value is -2.40. The minimum atomic E-state index is -1.44. The number of benzene rings is 1. The highest BCUT2D eigenvalue weighted by molar-refractivity contribution is 5.87. The molecule has 0 aromatic heterocycles. The molecule has 15 heavy (non-hydrogen) atoms. The average molecular weight is 207 g/mol. The summed E-state index contributed by atoms with van der Waals surface area (Å²) in [5, 5.41) is 16.6. The third kappa shape index (κ3) is 2.29. The van der Waals surface area contributed by atoms with Crippen molar-refractivity contribution in [2.45, 2.75) is 0 Å². The minimum Gasteiger partial charge on any atom is -0.478 e. The van der Waals surface area contributed by atoms with E-state index in [4.69, 9.17) is 10.4 Å². The van der Waals surface area contributed by atoms with E-state index in [0.717, 1.165) is 0 Å². The van der Waals surface area contributed by atoms with Crippen molar-refractivity contribution in [1.29, 1.82) is 5.26 Å². The smallest absolute Gasteiger partial charge is 0.335 e. The van der Waals surface area contributed by atoms with Crippen LogP contribution in [0.3, 0.4) is 0 Å². The van der Waals surface area contributed by atoms with Crippen LogP contribution < -0.4 is 0 Å². The summed E-state index contributed by atoms with van der Waals surface area (Å²) in [6.07, 6.45) is 0. The van der Waals surface area contributed by atoms with Crippen molar-refractivity contribution in [2.24, 2.45) is 0 Å². The molecule has 0 atom stereocenters. The second-order valence-corrected chi connectivity index (χ2v) is 2.48. The molecular formula is C10H3F2NO2. The van der Waals surface area contributed by atoms with Gasteiger partial charge in [0, 0.05) is 5.92 Å². The predicted molar refractivity (Wildman–Crippen MR) is 45.8 cm³/mol. The molecule has 0 amide bonds. The Bertz CT molecular complexity index is 497. The Kier molecular flexibility index (Phi) is 3.00. The molecule has 3 nitrogen and oxygen atoms in total. The fourth-order valence-electron chi connectivity index (χ4n) is 0.906. The van der Waals surface area contributed by atoms with Gasteiger partial charge in [-0.15, -0.1) is 0 Å². The Balaban J connectivity index is 3.35. The van der Waals surface area contributed by atoms with Gasteiger partial charge < -0.3 is 5.11 Å². The molecule has 0 aliphatic heterocycles. The molecule has 0 saturated carbocycles. The van der Waals surface area contributed by atoms with Gasteiger partial charge in [-0.05, 0) is 18.1 Å². The van der Waals surface area contributed by atoms with E-state index in [1.807, 2.05) is 11.8 Å². The van der Waals surface area contributed by atoms with Gasteiger partial charge in [-0.2, -0.15) is 5.26 Å². The number of nitrogens with zero attached hydrogens (tertiary/aromatic N) is 1. The van der Waals surface area contributed by atoms with Crippen molar-refractivity contribution < 1.29 is 18.7 Å². The van der Waals surface area contributed by atoms with Crippen molar-refractivity contribution in [3.05, 3.63) is 34.9 Å². The first-order valence-corrected chi connectivity index (χ1v) is 3.68. The van der Waals surface area contributed by atoms with Crippen LogP contribution in [0.15, 0.2) is 12.1 Å². The number of carboxylic acids is 1. The van der Waals surface area contributed by atoms with E-state index in [1.54, 1.807) is 0 Å². The molecule has 74 valence electrons. The molecule has 5 heteroatoms. The van der Waals surface area contributed by atoms with E-state index in [9.17, 15) is 13.6 Å². The number of rotatable bonds is 1. The average Bonchev–Trinajstić information content (AvgIpc) is 2.16. The summed E-state index contributed by atoms with van der Waals surface area (Å²) < 4.78 is 26.2. The number of aromatic carboxylic acids is 1. The van der Waals surface area contributed by atoms with Gasteiger partial charge in [-0.1, -0.05) is 0 Å². The van der Waals surface area contributed by atoms with Gasteiger partial charge in [-0.3, -0.25) is 0 Å². The summed E-state index contributed by atoms with van der Waals surface area (Å²) in [6, 6.07) is 2.69. The third-order valence-corrected chi connectivity index (χ3v) is 1.53. The molecule has 0 fully saturated rings. The fourth-order valence-corrected chi connectivity index (χ4v) is 0.906. The topological polar surface area (TPSA) is 61.1 Å². The first-order chi connectivity index (χ1) is 7.06. The summed E-state index contributed by atoms with van der Waals surface area (Å²) in [7, 11) is 0. The number of carboxylic acid groups (broad SMARTS) is 1. The maximum atomic E-state index is 13.1. The summed E-state index contributed by atoms with van der Waals surface area (Å²) in [5.41, 5.74) is -1.12. The van der Waals surface area contributed by atoms with E-state index < -0.39 is 28.7 Å². The van der Waals surface area contributed by atoms with Crippen molar-refractivity contribution in [3.8, 4) is 17.9 Å². The van der Waals surface area contributed by atoms with E-state index in [-0.39, 0.29) is 0 Å². The lowest BCUT2D eigenvalue weighted by Crippen LogP contribution is -2.01. The second-order valence-electron chi connectivity index (χ2n) is 2.48. The molecule has 0 aliphatic carbocycles. The number of hydrogen-bond acceptors (Lipinski definition) is 2.